The summed E-state index contributed by atoms with van der Waals surface area (Å²) in [5.41, 5.74) is -0.712. The van der Waals surface area contributed by atoms with Gasteiger partial charge in [0.05, 0.1) is 36.4 Å². The maximum absolute atomic E-state index is 13.0. The summed E-state index contributed by atoms with van der Waals surface area (Å²) in [6.07, 6.45) is 8.24. The zero-order chi connectivity index (χ0) is 26.9. The monoisotopic (exact) mass is 528 g/mol. The molecule has 6 aliphatic rings. The smallest absolute Gasteiger partial charge is 0.331 e. The minimum Gasteiger partial charge on any atom is -0.462 e. The lowest BCUT2D eigenvalue weighted by Gasteiger charge is -2.58. The molecular formula is C29H36O9. The first kappa shape index (κ1) is 26.0. The average Bonchev–Trinajstić information content (AvgIpc) is 3.55. The largest absolute Gasteiger partial charge is 0.462 e. The highest BCUT2D eigenvalue weighted by atomic mass is 16.7. The summed E-state index contributed by atoms with van der Waals surface area (Å²) in [6, 6.07) is 0. The first-order valence-electron chi connectivity index (χ1n) is 13.4. The third kappa shape index (κ3) is 3.85. The Kier molecular flexibility index (Phi) is 6.23. The molecule has 0 aromatic rings. The van der Waals surface area contributed by atoms with Gasteiger partial charge in [-0.25, -0.2) is 9.59 Å². The van der Waals surface area contributed by atoms with E-state index >= 15 is 0 Å². The lowest BCUT2D eigenvalue weighted by Crippen LogP contribution is -2.68. The molecule has 9 nitrogen and oxygen atoms in total. The molecule has 0 radical (unpaired) electrons. The van der Waals surface area contributed by atoms with Crippen LogP contribution in [0.4, 0.5) is 0 Å². The fraction of sp³-hybridized carbons (Fsp3) is 0.655. The molecule has 206 valence electrons. The zero-order valence-corrected chi connectivity index (χ0v) is 22.3. The fourth-order valence-corrected chi connectivity index (χ4v) is 7.33. The van der Waals surface area contributed by atoms with Crippen LogP contribution in [0.15, 0.2) is 47.6 Å². The predicted molar refractivity (Wildman–Crippen MR) is 134 cm³/mol. The van der Waals surface area contributed by atoms with Crippen LogP contribution in [0.5, 0.6) is 0 Å². The quantitative estimate of drug-likeness (QED) is 0.288. The molecule has 1 N–H and O–H groups in total. The number of esters is 2. The van der Waals surface area contributed by atoms with Gasteiger partial charge < -0.3 is 33.5 Å². The van der Waals surface area contributed by atoms with Crippen LogP contribution in [0.3, 0.4) is 0 Å². The summed E-state index contributed by atoms with van der Waals surface area (Å²) in [7, 11) is 0. The van der Waals surface area contributed by atoms with E-state index < -0.39 is 53.0 Å². The van der Waals surface area contributed by atoms with Gasteiger partial charge in [0.25, 0.3) is 0 Å². The summed E-state index contributed by atoms with van der Waals surface area (Å²) in [6.45, 7) is 8.12. The number of aliphatic hydroxyl groups is 1. The maximum Gasteiger partial charge on any atom is 0.331 e. The molecule has 3 saturated heterocycles. The molecule has 0 aromatic carbocycles. The van der Waals surface area contributed by atoms with Crippen molar-refractivity contribution in [3.8, 4) is 0 Å². The Morgan fingerprint density at radius 2 is 1.82 bits per heavy atom. The Morgan fingerprint density at radius 3 is 2.58 bits per heavy atom. The van der Waals surface area contributed by atoms with Crippen molar-refractivity contribution in [2.75, 3.05) is 13.2 Å². The summed E-state index contributed by atoms with van der Waals surface area (Å²) in [5, 5.41) is 11.0. The molecule has 4 aliphatic heterocycles. The van der Waals surface area contributed by atoms with E-state index in [0.717, 1.165) is 11.1 Å². The zero-order valence-electron chi connectivity index (χ0n) is 22.3. The van der Waals surface area contributed by atoms with E-state index in [2.05, 4.69) is 0 Å². The van der Waals surface area contributed by atoms with E-state index in [9.17, 15) is 14.7 Å². The lowest BCUT2D eigenvalue weighted by atomic mass is 9.51. The fourth-order valence-electron chi connectivity index (χ4n) is 7.33. The molecule has 1 saturated carbocycles. The first-order chi connectivity index (χ1) is 18.1. The second-order valence-electron chi connectivity index (χ2n) is 11.8. The third-order valence-electron chi connectivity index (χ3n) is 9.68. The minimum atomic E-state index is -0.868. The van der Waals surface area contributed by atoms with Gasteiger partial charge in [-0.2, -0.15) is 0 Å². The molecule has 4 fully saturated rings. The highest BCUT2D eigenvalue weighted by Gasteiger charge is 2.83. The second kappa shape index (κ2) is 9.13. The topological polar surface area (TPSA) is 113 Å². The van der Waals surface area contributed by atoms with Gasteiger partial charge in [-0.3, -0.25) is 0 Å². The van der Waals surface area contributed by atoms with Crippen LogP contribution in [0.2, 0.25) is 0 Å². The van der Waals surface area contributed by atoms with Gasteiger partial charge in [0, 0.05) is 30.4 Å². The number of cyclic esters (lactones) is 1. The molecule has 2 aliphatic carbocycles. The van der Waals surface area contributed by atoms with Crippen LogP contribution in [-0.2, 0) is 38.0 Å². The van der Waals surface area contributed by atoms with Crippen molar-refractivity contribution in [3.05, 3.63) is 47.6 Å². The van der Waals surface area contributed by atoms with Crippen LogP contribution in [-0.4, -0.2) is 78.8 Å². The van der Waals surface area contributed by atoms with Gasteiger partial charge in [-0.15, -0.1) is 0 Å². The minimum absolute atomic E-state index is 0.0163. The van der Waals surface area contributed by atoms with Crippen LogP contribution < -0.4 is 0 Å². The number of hydrogen-bond acceptors (Lipinski definition) is 9. The average molecular weight is 529 g/mol. The van der Waals surface area contributed by atoms with E-state index in [4.69, 9.17) is 28.4 Å². The van der Waals surface area contributed by atoms with Crippen molar-refractivity contribution < 1.29 is 43.1 Å². The summed E-state index contributed by atoms with van der Waals surface area (Å²) in [5.74, 6) is -0.976. The van der Waals surface area contributed by atoms with E-state index in [1.54, 1.807) is 12.2 Å². The van der Waals surface area contributed by atoms with E-state index in [0.29, 0.717) is 25.9 Å². The highest BCUT2D eigenvalue weighted by molar-refractivity contribution is 5.83. The number of ether oxygens (including phenoxy) is 6. The number of epoxide rings is 1. The van der Waals surface area contributed by atoms with Gasteiger partial charge in [-0.05, 0) is 32.8 Å². The van der Waals surface area contributed by atoms with Crippen molar-refractivity contribution >= 4 is 11.9 Å². The van der Waals surface area contributed by atoms with E-state index in [-0.39, 0.29) is 24.9 Å². The number of carbonyl (C=O) groups excluding carboxylic acids is 2. The number of fused-ring (bicyclic) bond motifs is 2. The molecular weight excluding hydrogens is 492 g/mol. The Hall–Kier alpha value is -2.30. The Balaban J connectivity index is 1.39. The number of hydrogen-bond donors (Lipinski definition) is 1. The second-order valence-corrected chi connectivity index (χ2v) is 11.8. The van der Waals surface area contributed by atoms with Crippen molar-refractivity contribution in [3.63, 3.8) is 0 Å². The van der Waals surface area contributed by atoms with Gasteiger partial charge in [0.1, 0.15) is 24.4 Å². The number of rotatable bonds is 0. The molecule has 6 rings (SSSR count). The third-order valence-corrected chi connectivity index (χ3v) is 9.68. The standard InChI is InChI=1S/C29H36O9/c1-16-9-25(32)33-14-28-13-19(30)17(2)11-22(28)37-23-12-21(27(28,4)29(23)15-34-29)38-24(31)8-6-5-7-20-18(3)35-26(10-16)36-20/h5-9,11,18-23,26,30H,10,12-15H2,1-4H3. The lowest BCUT2D eigenvalue weighted by molar-refractivity contribution is -0.238. The molecule has 0 amide bonds. The van der Waals surface area contributed by atoms with E-state index in [1.165, 1.54) is 12.2 Å². The van der Waals surface area contributed by atoms with Crippen LogP contribution >= 0.6 is 0 Å². The normalized spacial score (nSPS) is 48.4. The molecule has 2 spiro atoms. The number of allylic oxidation sites excluding steroid dienone is 2. The number of aliphatic hydroxyl groups excluding tert-OH is 1. The van der Waals surface area contributed by atoms with Crippen LogP contribution in [0.1, 0.15) is 47.0 Å². The Morgan fingerprint density at radius 1 is 1.03 bits per heavy atom. The SMILES string of the molecule is CC1=CC(=O)OCC23CC(O)C(C)=CC2OC2CC(OC(=O)C=CC=CC4OC(C1)OC4C)C3(C)C21CO1. The molecule has 10 atom stereocenters. The predicted octanol–water partition coefficient (Wildman–Crippen LogP) is 2.68. The summed E-state index contributed by atoms with van der Waals surface area (Å²) in [4.78, 5) is 26.0. The first-order valence-corrected chi connectivity index (χ1v) is 13.4. The maximum atomic E-state index is 13.0. The van der Waals surface area contributed by atoms with Crippen molar-refractivity contribution in [2.24, 2.45) is 10.8 Å². The Labute approximate surface area is 222 Å². The van der Waals surface area contributed by atoms with E-state index in [1.807, 2.05) is 39.8 Å². The molecule has 9 heteroatoms. The van der Waals surface area contributed by atoms with Crippen LogP contribution in [0, 0.1) is 10.8 Å². The van der Waals surface area contributed by atoms with Crippen molar-refractivity contribution in [2.45, 2.75) is 95.5 Å². The summed E-state index contributed by atoms with van der Waals surface area (Å²) < 4.78 is 36.5. The highest BCUT2D eigenvalue weighted by Crippen LogP contribution is 2.72. The van der Waals surface area contributed by atoms with Gasteiger partial charge >= 0.3 is 11.9 Å². The molecule has 4 bridgehead atoms. The van der Waals surface area contributed by atoms with Gasteiger partial charge in [0.15, 0.2) is 6.29 Å². The molecule has 38 heavy (non-hydrogen) atoms. The van der Waals surface area contributed by atoms with Crippen LogP contribution in [0.25, 0.3) is 0 Å². The molecule has 0 aromatic heterocycles. The number of carbonyl (C=O) groups is 2. The Bertz CT molecular complexity index is 1130. The van der Waals surface area contributed by atoms with Crippen molar-refractivity contribution in [1.82, 2.24) is 0 Å². The summed E-state index contributed by atoms with van der Waals surface area (Å²) >= 11 is 0. The molecule has 10 unspecified atom stereocenters. The van der Waals surface area contributed by atoms with Crippen molar-refractivity contribution in [1.29, 1.82) is 0 Å². The van der Waals surface area contributed by atoms with Gasteiger partial charge in [0.2, 0.25) is 0 Å². The molecule has 4 heterocycles. The van der Waals surface area contributed by atoms with Gasteiger partial charge in [-0.1, -0.05) is 36.8 Å².